The Labute approximate surface area is 198 Å². The second kappa shape index (κ2) is 13.0. The first-order chi connectivity index (χ1) is 14.2. The average molecular weight is 527 g/mol. The van der Waals surface area contributed by atoms with Crippen LogP contribution in [0.2, 0.25) is 0 Å². The molecule has 0 bridgehead atoms. The van der Waals surface area contributed by atoms with Gasteiger partial charge in [-0.15, -0.1) is 24.0 Å². The minimum absolute atomic E-state index is 0. The number of nitrogens with zero attached hydrogens (tertiary/aromatic N) is 2. The maximum absolute atomic E-state index is 12.3. The van der Waals surface area contributed by atoms with E-state index in [1.54, 1.807) is 0 Å². The summed E-state index contributed by atoms with van der Waals surface area (Å²) in [6.07, 6.45) is 8.46. The molecule has 2 aliphatic rings. The molecule has 1 amide bonds. The highest BCUT2D eigenvalue weighted by atomic mass is 127. The van der Waals surface area contributed by atoms with E-state index in [1.807, 2.05) is 6.92 Å². The smallest absolute Gasteiger partial charge is 0.242 e. The third-order valence-corrected chi connectivity index (χ3v) is 5.89. The highest BCUT2D eigenvalue weighted by Crippen LogP contribution is 2.24. The lowest BCUT2D eigenvalue weighted by molar-refractivity contribution is -0.120. The first kappa shape index (κ1) is 24.8. The Morgan fingerprint density at radius 2 is 1.90 bits per heavy atom. The lowest BCUT2D eigenvalue weighted by atomic mass is 9.95. The summed E-state index contributed by atoms with van der Waals surface area (Å²) in [4.78, 5) is 19.3. The first-order valence-electron chi connectivity index (χ1n) is 11.3. The lowest BCUT2D eigenvalue weighted by Gasteiger charge is -2.23. The van der Waals surface area contributed by atoms with Gasteiger partial charge in [0.05, 0.1) is 6.04 Å². The van der Waals surface area contributed by atoms with Gasteiger partial charge in [0.15, 0.2) is 5.96 Å². The van der Waals surface area contributed by atoms with Crippen molar-refractivity contribution in [3.05, 3.63) is 29.8 Å². The van der Waals surface area contributed by atoms with Crippen LogP contribution in [-0.4, -0.2) is 44.1 Å². The number of nitrogens with one attached hydrogen (secondary N) is 3. The molecule has 168 valence electrons. The number of hydrogen-bond donors (Lipinski definition) is 3. The van der Waals surface area contributed by atoms with Crippen molar-refractivity contribution in [1.29, 1.82) is 0 Å². The van der Waals surface area contributed by atoms with Gasteiger partial charge < -0.3 is 20.9 Å². The van der Waals surface area contributed by atoms with Gasteiger partial charge in [0.2, 0.25) is 5.91 Å². The van der Waals surface area contributed by atoms with E-state index in [9.17, 15) is 4.79 Å². The number of halogens is 1. The zero-order valence-corrected chi connectivity index (χ0v) is 20.8. The molecule has 0 aromatic heterocycles. The van der Waals surface area contributed by atoms with Gasteiger partial charge in [0, 0.05) is 31.4 Å². The van der Waals surface area contributed by atoms with Crippen LogP contribution in [0.4, 0.5) is 5.69 Å². The minimum atomic E-state index is 0. The van der Waals surface area contributed by atoms with Gasteiger partial charge >= 0.3 is 0 Å². The summed E-state index contributed by atoms with van der Waals surface area (Å²) < 4.78 is 0. The van der Waals surface area contributed by atoms with E-state index < -0.39 is 0 Å². The number of carbonyl (C=O) groups excluding carboxylic acids is 1. The van der Waals surface area contributed by atoms with Gasteiger partial charge in [0.25, 0.3) is 0 Å². The molecule has 1 aromatic rings. The maximum Gasteiger partial charge on any atom is 0.242 e. The molecule has 3 N–H and O–H groups in total. The van der Waals surface area contributed by atoms with Crippen molar-refractivity contribution in [1.82, 2.24) is 16.0 Å². The standard InChI is InChI=1S/C23H37N5O.HI/c1-3-24-23(25-17-22(29)27-20-11-5-4-6-12-20)26-18(2)19-10-9-13-21(16-19)28-14-7-8-15-28;/h9-10,13,16,18,20H,3-8,11-12,14-15,17H2,1-2H3,(H,27,29)(H2,24,25,26);1H. The number of hydrogen-bond acceptors (Lipinski definition) is 3. The topological polar surface area (TPSA) is 68.8 Å². The molecule has 1 aliphatic heterocycles. The normalized spacial score (nSPS) is 18.5. The molecule has 1 aromatic carbocycles. The number of benzene rings is 1. The summed E-state index contributed by atoms with van der Waals surface area (Å²) in [5.74, 6) is 0.697. The Kier molecular flexibility index (Phi) is 10.7. The predicted molar refractivity (Wildman–Crippen MR) is 136 cm³/mol. The third-order valence-electron chi connectivity index (χ3n) is 5.89. The Hall–Kier alpha value is -1.51. The average Bonchev–Trinajstić information content (AvgIpc) is 3.28. The second-order valence-electron chi connectivity index (χ2n) is 8.25. The van der Waals surface area contributed by atoms with Gasteiger partial charge in [-0.2, -0.15) is 0 Å². The highest BCUT2D eigenvalue weighted by Gasteiger charge is 2.16. The molecule has 0 spiro atoms. The Bertz CT molecular complexity index is 684. The van der Waals surface area contributed by atoms with Crippen LogP contribution in [0.1, 0.15) is 70.4 Å². The fourth-order valence-corrected chi connectivity index (χ4v) is 4.25. The largest absolute Gasteiger partial charge is 0.372 e. The minimum Gasteiger partial charge on any atom is -0.372 e. The quantitative estimate of drug-likeness (QED) is 0.285. The highest BCUT2D eigenvalue weighted by molar-refractivity contribution is 14.0. The summed E-state index contributed by atoms with van der Waals surface area (Å²) in [6, 6.07) is 9.17. The number of guanidine groups is 1. The van der Waals surface area contributed by atoms with E-state index >= 15 is 0 Å². The monoisotopic (exact) mass is 527 g/mol. The van der Waals surface area contributed by atoms with E-state index in [-0.39, 0.29) is 42.5 Å². The Balaban J connectivity index is 0.00000320. The first-order valence-corrected chi connectivity index (χ1v) is 11.3. The fourth-order valence-electron chi connectivity index (χ4n) is 4.25. The van der Waals surface area contributed by atoms with Crippen molar-refractivity contribution in [2.75, 3.05) is 31.1 Å². The van der Waals surface area contributed by atoms with E-state index in [0.717, 1.165) is 32.5 Å². The zero-order valence-electron chi connectivity index (χ0n) is 18.5. The Morgan fingerprint density at radius 1 is 1.17 bits per heavy atom. The van der Waals surface area contributed by atoms with Crippen molar-refractivity contribution in [2.45, 2.75) is 70.9 Å². The molecule has 0 radical (unpaired) electrons. The van der Waals surface area contributed by atoms with Crippen molar-refractivity contribution in [3.8, 4) is 0 Å². The second-order valence-corrected chi connectivity index (χ2v) is 8.25. The summed E-state index contributed by atoms with van der Waals surface area (Å²) in [7, 11) is 0. The van der Waals surface area contributed by atoms with Crippen LogP contribution in [0.5, 0.6) is 0 Å². The molecule has 1 saturated carbocycles. The van der Waals surface area contributed by atoms with Crippen molar-refractivity contribution in [2.24, 2.45) is 4.99 Å². The van der Waals surface area contributed by atoms with Crippen LogP contribution in [0, 0.1) is 0 Å². The molecule has 3 rings (SSSR count). The van der Waals surface area contributed by atoms with Gasteiger partial charge in [-0.3, -0.25) is 4.79 Å². The number of anilines is 1. The molecular formula is C23H38IN5O. The molecule has 1 unspecified atom stereocenters. The summed E-state index contributed by atoms with van der Waals surface area (Å²) >= 11 is 0. The molecule has 1 atom stereocenters. The summed E-state index contributed by atoms with van der Waals surface area (Å²) in [5, 5.41) is 9.84. The van der Waals surface area contributed by atoms with Gasteiger partial charge in [-0.05, 0) is 57.2 Å². The molecule has 2 fully saturated rings. The molecule has 1 aliphatic carbocycles. The number of carbonyl (C=O) groups is 1. The van der Waals surface area contributed by atoms with Gasteiger partial charge in [-0.25, -0.2) is 4.99 Å². The third kappa shape index (κ3) is 7.63. The van der Waals surface area contributed by atoms with Crippen molar-refractivity contribution < 1.29 is 4.79 Å². The molecule has 1 saturated heterocycles. The number of amides is 1. The molecule has 30 heavy (non-hydrogen) atoms. The zero-order chi connectivity index (χ0) is 20.5. The molecular weight excluding hydrogens is 489 g/mol. The van der Waals surface area contributed by atoms with Crippen LogP contribution in [0.25, 0.3) is 0 Å². The SMILES string of the molecule is CCNC(=NCC(=O)NC1CCCCC1)NC(C)c1cccc(N2CCCC2)c1.I. The van der Waals surface area contributed by atoms with Crippen LogP contribution >= 0.6 is 24.0 Å². The molecule has 1 heterocycles. The van der Waals surface area contributed by atoms with Gasteiger partial charge in [0.1, 0.15) is 6.54 Å². The van der Waals surface area contributed by atoms with Crippen LogP contribution in [-0.2, 0) is 4.79 Å². The molecule has 7 heteroatoms. The summed E-state index contributed by atoms with van der Waals surface area (Å²) in [5.41, 5.74) is 2.52. The fraction of sp³-hybridized carbons (Fsp3) is 0.652. The number of rotatable bonds is 7. The maximum atomic E-state index is 12.3. The van der Waals surface area contributed by atoms with E-state index in [4.69, 9.17) is 0 Å². The predicted octanol–water partition coefficient (Wildman–Crippen LogP) is 3.97. The van der Waals surface area contributed by atoms with E-state index in [1.165, 1.54) is 43.4 Å². The molecule has 6 nitrogen and oxygen atoms in total. The van der Waals surface area contributed by atoms with Crippen LogP contribution in [0.15, 0.2) is 29.3 Å². The van der Waals surface area contributed by atoms with E-state index in [2.05, 4.69) is 57.0 Å². The van der Waals surface area contributed by atoms with Crippen LogP contribution < -0.4 is 20.9 Å². The van der Waals surface area contributed by atoms with Gasteiger partial charge in [-0.1, -0.05) is 31.4 Å². The van der Waals surface area contributed by atoms with Crippen molar-refractivity contribution >= 4 is 41.5 Å². The Morgan fingerprint density at radius 3 is 2.60 bits per heavy atom. The number of aliphatic imine (C=N–C) groups is 1. The van der Waals surface area contributed by atoms with E-state index in [0.29, 0.717) is 12.0 Å². The lowest BCUT2D eigenvalue weighted by Crippen LogP contribution is -2.41. The van der Waals surface area contributed by atoms with Crippen LogP contribution in [0.3, 0.4) is 0 Å². The van der Waals surface area contributed by atoms with Crippen molar-refractivity contribution in [3.63, 3.8) is 0 Å². The summed E-state index contributed by atoms with van der Waals surface area (Å²) in [6.45, 7) is 7.38.